The summed E-state index contributed by atoms with van der Waals surface area (Å²) in [6.07, 6.45) is 39.3. The van der Waals surface area contributed by atoms with E-state index in [1.807, 2.05) is 0 Å². The highest BCUT2D eigenvalue weighted by Crippen LogP contribution is 2.28. The van der Waals surface area contributed by atoms with Gasteiger partial charge in [-0.1, -0.05) is 88.1 Å². The number of hydrogen-bond donors (Lipinski definition) is 0. The highest BCUT2D eigenvalue weighted by molar-refractivity contribution is 4.94. The zero-order valence-corrected chi connectivity index (χ0v) is 24.3. The fourth-order valence-electron chi connectivity index (χ4n) is 4.52. The molecule has 2 unspecified atom stereocenters. The maximum Gasteiger partial charge on any atom is 0.159 e. The quantitative estimate of drug-likeness (QED) is 0.103. The van der Waals surface area contributed by atoms with E-state index < -0.39 is 0 Å². The van der Waals surface area contributed by atoms with Crippen LogP contribution in [0.15, 0.2) is 48.6 Å². The molecule has 0 N–H and O–H groups in total. The second-order valence-electron chi connectivity index (χ2n) is 10.6. The van der Waals surface area contributed by atoms with Gasteiger partial charge < -0.3 is 14.4 Å². The molecule has 1 saturated heterocycles. The van der Waals surface area contributed by atoms with Crippen LogP contribution in [0.1, 0.15) is 123 Å². The number of nitrogens with zero attached hydrogens (tertiary/aromatic N) is 1. The van der Waals surface area contributed by atoms with Crippen LogP contribution in [0.25, 0.3) is 0 Å². The second kappa shape index (κ2) is 24.2. The monoisotopic (exact) mass is 501 g/mol. The van der Waals surface area contributed by atoms with E-state index in [0.29, 0.717) is 0 Å². The van der Waals surface area contributed by atoms with Gasteiger partial charge in [0.05, 0.1) is 12.2 Å². The summed E-state index contributed by atoms with van der Waals surface area (Å²) in [5, 5.41) is 0. The van der Waals surface area contributed by atoms with Gasteiger partial charge in [0.15, 0.2) is 6.29 Å². The van der Waals surface area contributed by atoms with E-state index in [1.54, 1.807) is 0 Å². The summed E-state index contributed by atoms with van der Waals surface area (Å²) in [6.45, 7) is 5.53. The Bertz CT molecular complexity index is 546. The van der Waals surface area contributed by atoms with Gasteiger partial charge in [0.25, 0.3) is 0 Å². The summed E-state index contributed by atoms with van der Waals surface area (Å²) < 4.78 is 12.7. The van der Waals surface area contributed by atoms with Crippen molar-refractivity contribution in [1.82, 2.24) is 4.90 Å². The van der Waals surface area contributed by atoms with E-state index in [0.717, 1.165) is 51.5 Å². The molecule has 1 heterocycles. The molecule has 1 fully saturated rings. The number of hydrogen-bond acceptors (Lipinski definition) is 3. The van der Waals surface area contributed by atoms with Gasteiger partial charge in [-0.3, -0.25) is 0 Å². The lowest BCUT2D eigenvalue weighted by molar-refractivity contribution is -0.0742. The van der Waals surface area contributed by atoms with Crippen molar-refractivity contribution in [3.63, 3.8) is 0 Å². The van der Waals surface area contributed by atoms with Crippen molar-refractivity contribution in [3.05, 3.63) is 48.6 Å². The summed E-state index contributed by atoms with van der Waals surface area (Å²) in [5.74, 6) is 0. The summed E-state index contributed by atoms with van der Waals surface area (Å²) in [6, 6.07) is 0. The van der Waals surface area contributed by atoms with Crippen LogP contribution in [0.3, 0.4) is 0 Å². The number of unbranched alkanes of at least 4 members (excludes halogenated alkanes) is 8. The highest BCUT2D eigenvalue weighted by Gasteiger charge is 2.34. The third-order valence-corrected chi connectivity index (χ3v) is 6.76. The predicted octanol–water partition coefficient (Wildman–Crippen LogP) is 9.55. The Morgan fingerprint density at radius 1 is 0.528 bits per heavy atom. The zero-order chi connectivity index (χ0) is 26.1. The average molecular weight is 502 g/mol. The molecule has 1 rings (SSSR count). The van der Waals surface area contributed by atoms with Crippen molar-refractivity contribution >= 4 is 0 Å². The van der Waals surface area contributed by atoms with Crippen LogP contribution in [0.5, 0.6) is 0 Å². The Kier molecular flexibility index (Phi) is 22.1. The summed E-state index contributed by atoms with van der Waals surface area (Å²) >= 11 is 0. The van der Waals surface area contributed by atoms with E-state index in [-0.39, 0.29) is 18.5 Å². The molecule has 1 aliphatic heterocycles. The van der Waals surface area contributed by atoms with Gasteiger partial charge in [0.1, 0.15) is 0 Å². The SMILES string of the molecule is CCCCC/C=C\C/C=C\CCCC1OC(CCN(C)C)OC1CCC/C=C\C/C=C\CCCCC. The Hall–Kier alpha value is -1.16. The Morgan fingerprint density at radius 2 is 0.944 bits per heavy atom. The minimum absolute atomic E-state index is 0.0378. The molecule has 0 radical (unpaired) electrons. The molecule has 0 spiro atoms. The van der Waals surface area contributed by atoms with E-state index >= 15 is 0 Å². The predicted molar refractivity (Wildman–Crippen MR) is 158 cm³/mol. The van der Waals surface area contributed by atoms with Crippen molar-refractivity contribution in [2.75, 3.05) is 20.6 Å². The van der Waals surface area contributed by atoms with Crippen LogP contribution in [0, 0.1) is 0 Å². The lowest BCUT2D eigenvalue weighted by atomic mass is 10.0. The number of allylic oxidation sites excluding steroid dienone is 8. The second-order valence-corrected chi connectivity index (χ2v) is 10.6. The number of rotatable bonds is 23. The zero-order valence-electron chi connectivity index (χ0n) is 24.3. The lowest BCUT2D eigenvalue weighted by Crippen LogP contribution is -2.22. The maximum absolute atomic E-state index is 6.36. The van der Waals surface area contributed by atoms with Crippen LogP contribution in [0.2, 0.25) is 0 Å². The molecule has 0 saturated carbocycles. The molecule has 3 heteroatoms. The van der Waals surface area contributed by atoms with Gasteiger partial charge >= 0.3 is 0 Å². The first-order chi connectivity index (χ1) is 17.7. The molecule has 2 atom stereocenters. The molecular formula is C33H59NO2. The van der Waals surface area contributed by atoms with Crippen molar-refractivity contribution in [2.24, 2.45) is 0 Å². The van der Waals surface area contributed by atoms with Crippen molar-refractivity contribution < 1.29 is 9.47 Å². The largest absolute Gasteiger partial charge is 0.347 e. The van der Waals surface area contributed by atoms with Gasteiger partial charge in [0.2, 0.25) is 0 Å². The van der Waals surface area contributed by atoms with E-state index in [4.69, 9.17) is 9.47 Å². The Balaban J connectivity index is 2.28. The molecule has 0 aromatic rings. The summed E-state index contributed by atoms with van der Waals surface area (Å²) in [7, 11) is 4.23. The van der Waals surface area contributed by atoms with Crippen LogP contribution < -0.4 is 0 Å². The molecule has 0 bridgehead atoms. The normalized spacial score (nSPS) is 21.0. The molecule has 36 heavy (non-hydrogen) atoms. The number of ether oxygens (including phenoxy) is 2. The van der Waals surface area contributed by atoms with Crippen LogP contribution in [0.4, 0.5) is 0 Å². The minimum Gasteiger partial charge on any atom is -0.347 e. The third-order valence-electron chi connectivity index (χ3n) is 6.76. The molecule has 1 aliphatic rings. The minimum atomic E-state index is -0.0378. The van der Waals surface area contributed by atoms with Crippen LogP contribution in [-0.4, -0.2) is 44.0 Å². The van der Waals surface area contributed by atoms with Gasteiger partial charge in [-0.25, -0.2) is 0 Å². The Labute approximate surface area is 225 Å². The van der Waals surface area contributed by atoms with Crippen LogP contribution in [-0.2, 0) is 9.47 Å². The molecule has 0 aromatic heterocycles. The van der Waals surface area contributed by atoms with Crippen molar-refractivity contribution in [2.45, 2.75) is 141 Å². The summed E-state index contributed by atoms with van der Waals surface area (Å²) in [4.78, 5) is 2.21. The molecular weight excluding hydrogens is 442 g/mol. The van der Waals surface area contributed by atoms with Crippen LogP contribution >= 0.6 is 0 Å². The van der Waals surface area contributed by atoms with Gasteiger partial charge in [-0.05, 0) is 91.1 Å². The average Bonchev–Trinajstić information content (AvgIpc) is 3.26. The summed E-state index contributed by atoms with van der Waals surface area (Å²) in [5.41, 5.74) is 0. The fraction of sp³-hybridized carbons (Fsp3) is 0.758. The third kappa shape index (κ3) is 19.0. The first kappa shape index (κ1) is 32.9. The van der Waals surface area contributed by atoms with Crippen molar-refractivity contribution in [1.29, 1.82) is 0 Å². The Morgan fingerprint density at radius 3 is 1.33 bits per heavy atom. The van der Waals surface area contributed by atoms with Gasteiger partial charge in [-0.2, -0.15) is 0 Å². The highest BCUT2D eigenvalue weighted by atomic mass is 16.7. The van der Waals surface area contributed by atoms with E-state index in [9.17, 15) is 0 Å². The maximum atomic E-state index is 6.36. The fourth-order valence-corrected chi connectivity index (χ4v) is 4.52. The first-order valence-electron chi connectivity index (χ1n) is 15.2. The van der Waals surface area contributed by atoms with E-state index in [2.05, 4.69) is 81.5 Å². The molecule has 0 amide bonds. The topological polar surface area (TPSA) is 21.7 Å². The lowest BCUT2D eigenvalue weighted by Gasteiger charge is -2.16. The molecule has 0 aromatic carbocycles. The standard InChI is InChI=1S/C33H59NO2/c1-5-7-9-11-13-15-17-19-21-23-25-27-31-32(36-33(35-31)29-30-34(3)4)28-26-24-22-20-18-16-14-12-10-8-6-2/h13-16,19-22,31-33H,5-12,17-18,23-30H2,1-4H3/b15-13-,16-14-,21-19-,22-20-. The van der Waals surface area contributed by atoms with Gasteiger partial charge in [-0.15, -0.1) is 0 Å². The first-order valence-corrected chi connectivity index (χ1v) is 15.2. The molecule has 208 valence electrons. The molecule has 3 nitrogen and oxygen atoms in total. The molecule has 0 aliphatic carbocycles. The smallest absolute Gasteiger partial charge is 0.159 e. The van der Waals surface area contributed by atoms with E-state index in [1.165, 1.54) is 64.2 Å². The van der Waals surface area contributed by atoms with Crippen molar-refractivity contribution in [3.8, 4) is 0 Å². The van der Waals surface area contributed by atoms with Gasteiger partial charge in [0, 0.05) is 13.0 Å².